The lowest BCUT2D eigenvalue weighted by atomic mass is 9.85. The van der Waals surface area contributed by atoms with E-state index in [1.54, 1.807) is 0 Å². The number of rotatable bonds is 1. The average Bonchev–Trinajstić information content (AvgIpc) is 2.87. The number of carbonyl (C=O) groups excluding carboxylic acids is 1. The Morgan fingerprint density at radius 1 is 1.62 bits per heavy atom. The monoisotopic (exact) mass is 188 g/mol. The first-order chi connectivity index (χ1) is 6.12. The van der Waals surface area contributed by atoms with Crippen LogP contribution in [-0.2, 0) is 14.3 Å². The van der Waals surface area contributed by atoms with Crippen molar-refractivity contribution in [2.45, 2.75) is 36.8 Å². The zero-order chi connectivity index (χ0) is 9.64. The van der Waals surface area contributed by atoms with Gasteiger partial charge in [0.05, 0.1) is 13.2 Å². The van der Waals surface area contributed by atoms with E-state index in [4.69, 9.17) is 4.74 Å². The van der Waals surface area contributed by atoms with Crippen LogP contribution < -0.4 is 0 Å². The normalized spacial score (nSPS) is 48.1. The molecule has 0 bridgehead atoms. The molecule has 4 atom stereocenters. The molecule has 1 aliphatic carbocycles. The summed E-state index contributed by atoms with van der Waals surface area (Å²) in [5.41, 5.74) is -0.965. The van der Waals surface area contributed by atoms with Gasteiger partial charge in [-0.15, -0.1) is 0 Å². The second-order valence-electron chi connectivity index (χ2n) is 3.52. The number of aliphatic hydroxyl groups excluding tert-OH is 2. The molecule has 2 aliphatic rings. The molecule has 2 fully saturated rings. The number of aliphatic hydroxyl groups is 2. The van der Waals surface area contributed by atoms with Gasteiger partial charge in [0.1, 0.15) is 12.2 Å². The third kappa shape index (κ3) is 1.08. The van der Waals surface area contributed by atoms with Crippen LogP contribution in [0.4, 0.5) is 0 Å². The van der Waals surface area contributed by atoms with E-state index in [1.165, 1.54) is 7.11 Å². The molecule has 0 radical (unpaired) electrons. The van der Waals surface area contributed by atoms with Gasteiger partial charge >= 0.3 is 5.97 Å². The number of carbonyl (C=O) groups is 1. The molecule has 1 saturated carbocycles. The Morgan fingerprint density at radius 2 is 2.31 bits per heavy atom. The predicted molar refractivity (Wildman–Crippen MR) is 40.9 cm³/mol. The average molecular weight is 188 g/mol. The Bertz CT molecular complexity index is 241. The topological polar surface area (TPSA) is 79.3 Å². The van der Waals surface area contributed by atoms with Gasteiger partial charge in [-0.2, -0.15) is 0 Å². The van der Waals surface area contributed by atoms with Crippen molar-refractivity contribution < 1.29 is 24.5 Å². The van der Waals surface area contributed by atoms with Crippen molar-refractivity contribution in [1.82, 2.24) is 0 Å². The summed E-state index contributed by atoms with van der Waals surface area (Å²) in [6.07, 6.45) is -1.54. The predicted octanol–water partition coefficient (Wildman–Crippen LogP) is -1.19. The zero-order valence-electron chi connectivity index (χ0n) is 7.27. The van der Waals surface area contributed by atoms with Crippen molar-refractivity contribution >= 4 is 5.97 Å². The summed E-state index contributed by atoms with van der Waals surface area (Å²) in [6.45, 7) is 0. The fourth-order valence-electron chi connectivity index (χ4n) is 1.91. The highest BCUT2D eigenvalue weighted by Crippen LogP contribution is 2.48. The lowest BCUT2D eigenvalue weighted by Gasteiger charge is -2.23. The molecular weight excluding hydrogens is 176 g/mol. The molecule has 1 saturated heterocycles. The van der Waals surface area contributed by atoms with E-state index in [9.17, 15) is 15.0 Å². The molecule has 2 rings (SSSR count). The van der Waals surface area contributed by atoms with Gasteiger partial charge in [0.25, 0.3) is 0 Å². The maximum absolute atomic E-state index is 11.2. The van der Waals surface area contributed by atoms with Crippen LogP contribution in [0.15, 0.2) is 0 Å². The van der Waals surface area contributed by atoms with E-state index < -0.39 is 29.9 Å². The number of methoxy groups -OCH3 is 1. The Labute approximate surface area is 75.3 Å². The summed E-state index contributed by atoms with van der Waals surface area (Å²) >= 11 is 0. The van der Waals surface area contributed by atoms with Gasteiger partial charge in [0.2, 0.25) is 0 Å². The lowest BCUT2D eigenvalue weighted by molar-refractivity contribution is -0.148. The van der Waals surface area contributed by atoms with Crippen molar-refractivity contribution in [3.63, 3.8) is 0 Å². The first-order valence-corrected chi connectivity index (χ1v) is 4.24. The molecule has 5 heteroatoms. The quantitative estimate of drug-likeness (QED) is 0.399. The molecule has 0 amide bonds. The lowest BCUT2D eigenvalue weighted by Crippen LogP contribution is -2.44. The van der Waals surface area contributed by atoms with Crippen LogP contribution in [0.5, 0.6) is 0 Å². The van der Waals surface area contributed by atoms with Gasteiger partial charge in [-0.05, 0) is 12.8 Å². The number of ether oxygens (including phenoxy) is 2. The fraction of sp³-hybridized carbons (Fsp3) is 0.875. The van der Waals surface area contributed by atoms with Crippen molar-refractivity contribution in [2.75, 3.05) is 7.11 Å². The van der Waals surface area contributed by atoms with E-state index in [1.807, 2.05) is 0 Å². The first kappa shape index (κ1) is 8.93. The van der Waals surface area contributed by atoms with Gasteiger partial charge in [-0.3, -0.25) is 0 Å². The highest BCUT2D eigenvalue weighted by molar-refractivity contribution is 5.83. The van der Waals surface area contributed by atoms with E-state index in [2.05, 4.69) is 4.74 Å². The summed E-state index contributed by atoms with van der Waals surface area (Å²) in [4.78, 5) is 11.2. The van der Waals surface area contributed by atoms with E-state index in [0.29, 0.717) is 12.8 Å². The minimum atomic E-state index is -0.965. The van der Waals surface area contributed by atoms with Crippen LogP contribution >= 0.6 is 0 Å². The molecule has 0 spiro atoms. The molecular formula is C8H12O5. The molecule has 1 aliphatic heterocycles. The Morgan fingerprint density at radius 3 is 2.92 bits per heavy atom. The summed E-state index contributed by atoms with van der Waals surface area (Å²) in [5, 5.41) is 18.7. The number of hydrogen-bond acceptors (Lipinski definition) is 5. The number of epoxide rings is 1. The number of fused-ring (bicyclic) bond motifs is 1. The van der Waals surface area contributed by atoms with E-state index >= 15 is 0 Å². The number of hydrogen-bond donors (Lipinski definition) is 2. The minimum absolute atomic E-state index is 0.368. The second-order valence-corrected chi connectivity index (χ2v) is 3.52. The molecule has 0 aromatic heterocycles. The van der Waals surface area contributed by atoms with Crippen LogP contribution in [0.1, 0.15) is 12.8 Å². The van der Waals surface area contributed by atoms with Crippen molar-refractivity contribution in [3.05, 3.63) is 0 Å². The van der Waals surface area contributed by atoms with Crippen molar-refractivity contribution in [3.8, 4) is 0 Å². The van der Waals surface area contributed by atoms with Gasteiger partial charge in [-0.1, -0.05) is 0 Å². The second kappa shape index (κ2) is 2.67. The number of esters is 1. The summed E-state index contributed by atoms with van der Waals surface area (Å²) in [5.74, 6) is -0.455. The van der Waals surface area contributed by atoms with Crippen molar-refractivity contribution in [1.29, 1.82) is 0 Å². The van der Waals surface area contributed by atoms with Gasteiger partial charge in [-0.25, -0.2) is 4.79 Å². The molecule has 0 unspecified atom stereocenters. The standard InChI is InChI=1S/C8H12O5/c1-12-7(11)8-3-2-4(9)5(10)6(8)13-8/h4-6,9-10H,2-3H2,1H3/t4-,5-,6-,8+/m0/s1. The third-order valence-corrected chi connectivity index (χ3v) is 2.79. The van der Waals surface area contributed by atoms with Crippen LogP contribution in [0.25, 0.3) is 0 Å². The van der Waals surface area contributed by atoms with Crippen LogP contribution in [0, 0.1) is 0 Å². The van der Waals surface area contributed by atoms with Crippen LogP contribution in [0.3, 0.4) is 0 Å². The highest BCUT2D eigenvalue weighted by atomic mass is 16.7. The Balaban J connectivity index is 2.11. The summed E-state index contributed by atoms with van der Waals surface area (Å²) < 4.78 is 9.68. The fourth-order valence-corrected chi connectivity index (χ4v) is 1.91. The van der Waals surface area contributed by atoms with Crippen LogP contribution in [0.2, 0.25) is 0 Å². The first-order valence-electron chi connectivity index (χ1n) is 4.24. The molecule has 13 heavy (non-hydrogen) atoms. The molecule has 0 aromatic rings. The van der Waals surface area contributed by atoms with Crippen molar-refractivity contribution in [2.24, 2.45) is 0 Å². The maximum atomic E-state index is 11.2. The largest absolute Gasteiger partial charge is 0.467 e. The highest BCUT2D eigenvalue weighted by Gasteiger charge is 2.69. The van der Waals surface area contributed by atoms with E-state index in [-0.39, 0.29) is 0 Å². The third-order valence-electron chi connectivity index (χ3n) is 2.79. The van der Waals surface area contributed by atoms with Gasteiger partial charge in [0, 0.05) is 0 Å². The molecule has 2 N–H and O–H groups in total. The van der Waals surface area contributed by atoms with E-state index in [0.717, 1.165) is 0 Å². The summed E-state index contributed by atoms with van der Waals surface area (Å²) in [7, 11) is 1.28. The Hall–Kier alpha value is -0.650. The molecule has 5 nitrogen and oxygen atoms in total. The Kier molecular flexibility index (Phi) is 1.83. The zero-order valence-corrected chi connectivity index (χ0v) is 7.27. The minimum Gasteiger partial charge on any atom is -0.467 e. The van der Waals surface area contributed by atoms with Gasteiger partial charge in [0.15, 0.2) is 5.60 Å². The maximum Gasteiger partial charge on any atom is 0.341 e. The van der Waals surface area contributed by atoms with Gasteiger partial charge < -0.3 is 19.7 Å². The molecule has 0 aromatic carbocycles. The smallest absolute Gasteiger partial charge is 0.341 e. The molecule has 74 valence electrons. The van der Waals surface area contributed by atoms with Crippen LogP contribution in [-0.4, -0.2) is 47.2 Å². The summed E-state index contributed by atoms with van der Waals surface area (Å²) in [6, 6.07) is 0. The molecule has 1 heterocycles. The SMILES string of the molecule is COC(=O)[C@@]12CC[C@H](O)[C@H](O)[C@@H]1O2.